The van der Waals surface area contributed by atoms with Crippen molar-refractivity contribution in [2.45, 2.75) is 38.8 Å². The van der Waals surface area contributed by atoms with Crippen LogP contribution in [-0.2, 0) is 0 Å². The van der Waals surface area contributed by atoms with Crippen LogP contribution in [0.2, 0.25) is 0 Å². The van der Waals surface area contributed by atoms with Crippen LogP contribution in [0.5, 0.6) is 5.75 Å². The third-order valence-electron chi connectivity index (χ3n) is 3.83. The van der Waals surface area contributed by atoms with E-state index in [1.807, 2.05) is 24.3 Å². The smallest absolute Gasteiger partial charge is 0.118 e. The van der Waals surface area contributed by atoms with E-state index in [9.17, 15) is 5.11 Å². The van der Waals surface area contributed by atoms with Gasteiger partial charge >= 0.3 is 0 Å². The normalized spacial score (nSPS) is 12.9. The molecule has 1 aromatic carbocycles. The molecular weight excluding hydrogens is 264 g/mol. The number of benzene rings is 1. The molecule has 21 heavy (non-hydrogen) atoms. The van der Waals surface area contributed by atoms with Gasteiger partial charge in [0.2, 0.25) is 0 Å². The van der Waals surface area contributed by atoms with Gasteiger partial charge in [0.05, 0.1) is 13.2 Å². The molecule has 2 N–H and O–H groups in total. The lowest BCUT2D eigenvalue weighted by Crippen LogP contribution is -2.28. The van der Waals surface area contributed by atoms with Crippen molar-refractivity contribution in [1.29, 1.82) is 0 Å². The van der Waals surface area contributed by atoms with E-state index >= 15 is 0 Å². The quantitative estimate of drug-likeness (QED) is 0.651. The van der Waals surface area contributed by atoms with Crippen LogP contribution in [0.25, 0.3) is 0 Å². The van der Waals surface area contributed by atoms with Crippen LogP contribution in [0.15, 0.2) is 24.3 Å². The summed E-state index contributed by atoms with van der Waals surface area (Å²) in [5.74, 6) is 0.813. The topological polar surface area (TPSA) is 44.7 Å². The van der Waals surface area contributed by atoms with Crippen LogP contribution in [-0.4, -0.2) is 49.8 Å². The maximum Gasteiger partial charge on any atom is 0.118 e. The number of hydrogen-bond acceptors (Lipinski definition) is 4. The molecule has 0 fully saturated rings. The van der Waals surface area contributed by atoms with Gasteiger partial charge in [-0.15, -0.1) is 0 Å². The Labute approximate surface area is 129 Å². The van der Waals surface area contributed by atoms with Gasteiger partial charge in [0.1, 0.15) is 5.75 Å². The number of nitrogens with one attached hydrogen (secondary N) is 1. The molecule has 0 bridgehead atoms. The molecule has 0 spiro atoms. The standard InChI is InChI=1S/C17H30N2O2/c1-14(2)19(3)12-6-5-11-18-13-17(20)15-7-9-16(21-4)10-8-15/h7-10,14,17-18,20H,5-6,11-13H2,1-4H3. The summed E-state index contributed by atoms with van der Waals surface area (Å²) in [5.41, 5.74) is 0.919. The highest BCUT2D eigenvalue weighted by atomic mass is 16.5. The molecule has 4 nitrogen and oxygen atoms in total. The van der Waals surface area contributed by atoms with Crippen LogP contribution in [0.3, 0.4) is 0 Å². The summed E-state index contributed by atoms with van der Waals surface area (Å²) in [6.45, 7) is 7.08. The number of aliphatic hydroxyl groups excluding tert-OH is 1. The van der Waals surface area contributed by atoms with Crippen LogP contribution >= 0.6 is 0 Å². The minimum atomic E-state index is -0.464. The van der Waals surface area contributed by atoms with Gasteiger partial charge in [0.25, 0.3) is 0 Å². The molecule has 0 saturated carbocycles. The number of nitrogens with zero attached hydrogens (tertiary/aromatic N) is 1. The fraction of sp³-hybridized carbons (Fsp3) is 0.647. The van der Waals surface area contributed by atoms with Gasteiger partial charge in [-0.05, 0) is 64.5 Å². The molecule has 1 aromatic rings. The van der Waals surface area contributed by atoms with Gasteiger partial charge in [-0.25, -0.2) is 0 Å². The van der Waals surface area contributed by atoms with E-state index in [0.29, 0.717) is 12.6 Å². The molecule has 0 heterocycles. The molecule has 0 aliphatic carbocycles. The predicted molar refractivity (Wildman–Crippen MR) is 87.8 cm³/mol. The first-order valence-corrected chi connectivity index (χ1v) is 7.77. The molecule has 120 valence electrons. The SMILES string of the molecule is COc1ccc(C(O)CNCCCCN(C)C(C)C)cc1. The molecule has 0 aromatic heterocycles. The Morgan fingerprint density at radius 3 is 2.43 bits per heavy atom. The minimum absolute atomic E-state index is 0.464. The summed E-state index contributed by atoms with van der Waals surface area (Å²) in [6.07, 6.45) is 1.85. The molecule has 0 radical (unpaired) electrons. The Morgan fingerprint density at radius 2 is 1.86 bits per heavy atom. The highest BCUT2D eigenvalue weighted by Gasteiger charge is 2.07. The molecule has 0 amide bonds. The Hall–Kier alpha value is -1.10. The number of ether oxygens (including phenoxy) is 1. The van der Waals surface area contributed by atoms with Gasteiger partial charge in [0, 0.05) is 12.6 Å². The third-order valence-corrected chi connectivity index (χ3v) is 3.83. The summed E-state index contributed by atoms with van der Waals surface area (Å²) < 4.78 is 5.11. The zero-order valence-corrected chi connectivity index (χ0v) is 13.8. The van der Waals surface area contributed by atoms with Crippen molar-refractivity contribution in [3.63, 3.8) is 0 Å². The summed E-state index contributed by atoms with van der Waals surface area (Å²) in [7, 11) is 3.80. The molecule has 4 heteroatoms. The molecular formula is C17H30N2O2. The van der Waals surface area contributed by atoms with Gasteiger partial charge in [-0.1, -0.05) is 12.1 Å². The molecule has 0 aliphatic heterocycles. The van der Waals surface area contributed by atoms with Crippen LogP contribution < -0.4 is 10.1 Å². The molecule has 1 atom stereocenters. The second-order valence-electron chi connectivity index (χ2n) is 5.77. The zero-order chi connectivity index (χ0) is 15.7. The Kier molecular flexibility index (Phi) is 8.35. The number of rotatable bonds is 10. The van der Waals surface area contributed by atoms with E-state index in [0.717, 1.165) is 30.8 Å². The largest absolute Gasteiger partial charge is 0.497 e. The first-order valence-electron chi connectivity index (χ1n) is 7.77. The van der Waals surface area contributed by atoms with E-state index in [2.05, 4.69) is 31.1 Å². The summed E-state index contributed by atoms with van der Waals surface area (Å²) in [5, 5.41) is 13.4. The molecule has 1 unspecified atom stereocenters. The fourth-order valence-corrected chi connectivity index (χ4v) is 2.05. The number of methoxy groups -OCH3 is 1. The average Bonchev–Trinajstić information content (AvgIpc) is 2.50. The van der Waals surface area contributed by atoms with Crippen molar-refractivity contribution in [3.05, 3.63) is 29.8 Å². The number of aliphatic hydroxyl groups is 1. The summed E-state index contributed by atoms with van der Waals surface area (Å²) in [6, 6.07) is 8.17. The number of hydrogen-bond donors (Lipinski definition) is 2. The highest BCUT2D eigenvalue weighted by Crippen LogP contribution is 2.16. The van der Waals surface area contributed by atoms with E-state index in [1.165, 1.54) is 6.42 Å². The summed E-state index contributed by atoms with van der Waals surface area (Å²) >= 11 is 0. The Balaban J connectivity index is 2.14. The second kappa shape index (κ2) is 9.77. The Bertz CT molecular complexity index is 379. The van der Waals surface area contributed by atoms with Crippen molar-refractivity contribution >= 4 is 0 Å². The minimum Gasteiger partial charge on any atom is -0.497 e. The lowest BCUT2D eigenvalue weighted by Gasteiger charge is -2.20. The third kappa shape index (κ3) is 6.93. The highest BCUT2D eigenvalue weighted by molar-refractivity contribution is 5.28. The van der Waals surface area contributed by atoms with Crippen molar-refractivity contribution in [1.82, 2.24) is 10.2 Å². The van der Waals surface area contributed by atoms with Crippen molar-refractivity contribution in [3.8, 4) is 5.75 Å². The summed E-state index contributed by atoms with van der Waals surface area (Å²) in [4.78, 5) is 2.35. The van der Waals surface area contributed by atoms with E-state index in [-0.39, 0.29) is 0 Å². The van der Waals surface area contributed by atoms with E-state index in [4.69, 9.17) is 4.74 Å². The lowest BCUT2D eigenvalue weighted by atomic mass is 10.1. The molecule has 1 rings (SSSR count). The average molecular weight is 294 g/mol. The molecule has 0 saturated heterocycles. The van der Waals surface area contributed by atoms with E-state index < -0.39 is 6.10 Å². The fourth-order valence-electron chi connectivity index (χ4n) is 2.05. The van der Waals surface area contributed by atoms with Crippen LogP contribution in [0, 0.1) is 0 Å². The Morgan fingerprint density at radius 1 is 1.19 bits per heavy atom. The van der Waals surface area contributed by atoms with Crippen LogP contribution in [0.1, 0.15) is 38.4 Å². The van der Waals surface area contributed by atoms with Gasteiger partial charge in [0.15, 0.2) is 0 Å². The maximum absolute atomic E-state index is 10.1. The van der Waals surface area contributed by atoms with Crippen molar-refractivity contribution < 1.29 is 9.84 Å². The van der Waals surface area contributed by atoms with Gasteiger partial charge in [-0.2, -0.15) is 0 Å². The van der Waals surface area contributed by atoms with Crippen molar-refractivity contribution in [2.24, 2.45) is 0 Å². The first-order chi connectivity index (χ1) is 10.0. The first kappa shape index (κ1) is 18.0. The van der Waals surface area contributed by atoms with Gasteiger partial charge < -0.3 is 20.1 Å². The van der Waals surface area contributed by atoms with Gasteiger partial charge in [-0.3, -0.25) is 0 Å². The lowest BCUT2D eigenvalue weighted by molar-refractivity contribution is 0.174. The predicted octanol–water partition coefficient (Wildman–Crippen LogP) is 2.44. The second-order valence-corrected chi connectivity index (χ2v) is 5.77. The van der Waals surface area contributed by atoms with Crippen LogP contribution in [0.4, 0.5) is 0 Å². The van der Waals surface area contributed by atoms with Crippen molar-refractivity contribution in [2.75, 3.05) is 33.8 Å². The maximum atomic E-state index is 10.1. The monoisotopic (exact) mass is 294 g/mol. The number of unbranched alkanes of at least 4 members (excludes halogenated alkanes) is 1. The molecule has 0 aliphatic rings. The zero-order valence-electron chi connectivity index (χ0n) is 13.8. The van der Waals surface area contributed by atoms with E-state index in [1.54, 1.807) is 7.11 Å².